The minimum Gasteiger partial charge on any atom is -0.389 e. The van der Waals surface area contributed by atoms with E-state index in [0.29, 0.717) is 11.8 Å². The zero-order valence-electron chi connectivity index (χ0n) is 13.7. The van der Waals surface area contributed by atoms with Gasteiger partial charge in [0.25, 0.3) is 0 Å². The van der Waals surface area contributed by atoms with E-state index in [1.54, 1.807) is 0 Å². The highest BCUT2D eigenvalue weighted by Gasteiger charge is 2.50. The summed E-state index contributed by atoms with van der Waals surface area (Å²) in [5, 5.41) is 11.5. The zero-order chi connectivity index (χ0) is 14.3. The molecule has 2 aliphatic rings. The second kappa shape index (κ2) is 5.39. The first kappa shape index (κ1) is 15.4. The van der Waals surface area contributed by atoms with Gasteiger partial charge in [0.1, 0.15) is 0 Å². The molecule has 2 aliphatic carbocycles. The van der Waals surface area contributed by atoms with Crippen LogP contribution in [0.1, 0.15) is 79.6 Å². The van der Waals surface area contributed by atoms with Gasteiger partial charge >= 0.3 is 0 Å². The van der Waals surface area contributed by atoms with E-state index in [0.717, 1.165) is 18.3 Å². The van der Waals surface area contributed by atoms with Crippen LogP contribution in [0.15, 0.2) is 0 Å². The Bertz CT molecular complexity index is 293. The molecule has 2 fully saturated rings. The summed E-state index contributed by atoms with van der Waals surface area (Å²) in [5.74, 6) is 2.60. The molecule has 1 heteroatoms. The normalized spacial score (nSPS) is 45.2. The Morgan fingerprint density at radius 3 is 2.05 bits per heavy atom. The van der Waals surface area contributed by atoms with E-state index in [-0.39, 0.29) is 11.0 Å². The molecule has 0 heterocycles. The third-order valence-electron chi connectivity index (χ3n) is 5.85. The summed E-state index contributed by atoms with van der Waals surface area (Å²) in [6, 6.07) is 0. The molecule has 0 amide bonds. The van der Waals surface area contributed by atoms with Crippen LogP contribution >= 0.6 is 0 Å². The van der Waals surface area contributed by atoms with E-state index in [4.69, 9.17) is 0 Å². The highest BCUT2D eigenvalue weighted by atomic mass is 16.3. The smallest absolute Gasteiger partial charge is 0.0709 e. The zero-order valence-corrected chi connectivity index (χ0v) is 13.7. The maximum atomic E-state index is 11.5. The van der Waals surface area contributed by atoms with Crippen LogP contribution in [0.2, 0.25) is 0 Å². The monoisotopic (exact) mass is 266 g/mol. The molecular weight excluding hydrogens is 232 g/mol. The SMILES string of the molecule is CC1CC(C)CC(C2(O)CCCCC2C(C)(C)C)C1. The standard InChI is InChI=1S/C18H34O/c1-13-10-14(2)12-15(11-13)18(19)9-7-6-8-16(18)17(3,4)5/h13-16,19H,6-12H2,1-5H3. The third kappa shape index (κ3) is 3.17. The molecule has 0 aromatic heterocycles. The maximum Gasteiger partial charge on any atom is 0.0709 e. The molecule has 0 saturated heterocycles. The molecule has 0 bridgehead atoms. The highest BCUT2D eigenvalue weighted by molar-refractivity contribution is 5.01. The molecule has 0 aromatic carbocycles. The number of hydrogen-bond donors (Lipinski definition) is 1. The molecule has 0 aromatic rings. The summed E-state index contributed by atoms with van der Waals surface area (Å²) in [5.41, 5.74) is -0.154. The van der Waals surface area contributed by atoms with Gasteiger partial charge in [-0.25, -0.2) is 0 Å². The summed E-state index contributed by atoms with van der Waals surface area (Å²) < 4.78 is 0. The molecule has 0 radical (unpaired) electrons. The van der Waals surface area contributed by atoms with E-state index in [9.17, 15) is 5.11 Å². The first-order valence-electron chi connectivity index (χ1n) is 8.46. The van der Waals surface area contributed by atoms with Crippen molar-refractivity contribution in [3.05, 3.63) is 0 Å². The Hall–Kier alpha value is -0.0400. The second-order valence-corrected chi connectivity index (χ2v) is 8.77. The molecule has 2 rings (SSSR count). The Kier molecular flexibility index (Phi) is 4.35. The lowest BCUT2D eigenvalue weighted by Gasteiger charge is -2.53. The van der Waals surface area contributed by atoms with Gasteiger partial charge in [-0.3, -0.25) is 0 Å². The van der Waals surface area contributed by atoms with Crippen molar-refractivity contribution < 1.29 is 5.11 Å². The van der Waals surface area contributed by atoms with Crippen molar-refractivity contribution in [1.29, 1.82) is 0 Å². The molecule has 0 aliphatic heterocycles. The van der Waals surface area contributed by atoms with E-state index in [1.165, 1.54) is 38.5 Å². The fraction of sp³-hybridized carbons (Fsp3) is 1.00. The van der Waals surface area contributed by atoms with Crippen molar-refractivity contribution in [2.45, 2.75) is 85.2 Å². The van der Waals surface area contributed by atoms with Crippen LogP contribution in [-0.4, -0.2) is 10.7 Å². The summed E-state index contributed by atoms with van der Waals surface area (Å²) in [7, 11) is 0. The summed E-state index contributed by atoms with van der Waals surface area (Å²) in [6.45, 7) is 11.7. The minimum atomic E-state index is -0.389. The van der Waals surface area contributed by atoms with E-state index in [1.807, 2.05) is 0 Å². The van der Waals surface area contributed by atoms with Crippen molar-refractivity contribution in [2.75, 3.05) is 0 Å². The van der Waals surface area contributed by atoms with Crippen LogP contribution in [-0.2, 0) is 0 Å². The lowest BCUT2D eigenvalue weighted by atomic mass is 9.56. The lowest BCUT2D eigenvalue weighted by molar-refractivity contribution is -0.144. The van der Waals surface area contributed by atoms with Gasteiger partial charge in [-0.15, -0.1) is 0 Å². The number of hydrogen-bond acceptors (Lipinski definition) is 1. The number of aliphatic hydroxyl groups is 1. The first-order chi connectivity index (χ1) is 8.73. The highest BCUT2D eigenvalue weighted by Crippen LogP contribution is 2.52. The Morgan fingerprint density at radius 2 is 1.53 bits per heavy atom. The predicted octanol–water partition coefficient (Wildman–Crippen LogP) is 5.03. The Morgan fingerprint density at radius 1 is 0.947 bits per heavy atom. The van der Waals surface area contributed by atoms with Crippen molar-refractivity contribution in [1.82, 2.24) is 0 Å². The molecule has 4 atom stereocenters. The van der Waals surface area contributed by atoms with Crippen molar-refractivity contribution in [3.8, 4) is 0 Å². The van der Waals surface area contributed by atoms with Crippen LogP contribution in [0.3, 0.4) is 0 Å². The predicted molar refractivity (Wildman–Crippen MR) is 82.0 cm³/mol. The van der Waals surface area contributed by atoms with Gasteiger partial charge in [-0.05, 0) is 61.2 Å². The lowest BCUT2D eigenvalue weighted by Crippen LogP contribution is -2.53. The maximum absolute atomic E-state index is 11.5. The summed E-state index contributed by atoms with van der Waals surface area (Å²) in [4.78, 5) is 0. The summed E-state index contributed by atoms with van der Waals surface area (Å²) in [6.07, 6.45) is 8.64. The Balaban J connectivity index is 2.22. The average Bonchev–Trinajstić information content (AvgIpc) is 2.26. The van der Waals surface area contributed by atoms with Crippen LogP contribution < -0.4 is 0 Å². The molecule has 4 unspecified atom stereocenters. The fourth-order valence-corrected chi connectivity index (χ4v) is 5.21. The van der Waals surface area contributed by atoms with Gasteiger partial charge in [0.15, 0.2) is 0 Å². The molecule has 2 saturated carbocycles. The molecule has 112 valence electrons. The van der Waals surface area contributed by atoms with Gasteiger partial charge < -0.3 is 5.11 Å². The van der Waals surface area contributed by atoms with Gasteiger partial charge in [-0.1, -0.05) is 47.5 Å². The fourth-order valence-electron chi connectivity index (χ4n) is 5.21. The molecular formula is C18H34O. The van der Waals surface area contributed by atoms with E-state index < -0.39 is 0 Å². The van der Waals surface area contributed by atoms with Crippen LogP contribution in [0.5, 0.6) is 0 Å². The van der Waals surface area contributed by atoms with Crippen LogP contribution in [0.25, 0.3) is 0 Å². The van der Waals surface area contributed by atoms with E-state index in [2.05, 4.69) is 34.6 Å². The van der Waals surface area contributed by atoms with Gasteiger partial charge in [-0.2, -0.15) is 0 Å². The molecule has 0 spiro atoms. The third-order valence-corrected chi connectivity index (χ3v) is 5.85. The number of rotatable bonds is 1. The topological polar surface area (TPSA) is 20.2 Å². The minimum absolute atomic E-state index is 0.235. The van der Waals surface area contributed by atoms with Gasteiger partial charge in [0, 0.05) is 0 Å². The van der Waals surface area contributed by atoms with Gasteiger partial charge in [0.2, 0.25) is 0 Å². The van der Waals surface area contributed by atoms with Crippen molar-refractivity contribution in [2.24, 2.45) is 29.1 Å². The summed E-state index contributed by atoms with van der Waals surface area (Å²) >= 11 is 0. The largest absolute Gasteiger partial charge is 0.389 e. The van der Waals surface area contributed by atoms with Crippen molar-refractivity contribution >= 4 is 0 Å². The molecule has 1 nitrogen and oxygen atoms in total. The van der Waals surface area contributed by atoms with Crippen molar-refractivity contribution in [3.63, 3.8) is 0 Å². The quantitative estimate of drug-likeness (QED) is 0.706. The van der Waals surface area contributed by atoms with E-state index >= 15 is 0 Å². The average molecular weight is 266 g/mol. The first-order valence-corrected chi connectivity index (χ1v) is 8.46. The Labute approximate surface area is 120 Å². The van der Waals surface area contributed by atoms with Crippen LogP contribution in [0, 0.1) is 29.1 Å². The molecule has 19 heavy (non-hydrogen) atoms. The van der Waals surface area contributed by atoms with Crippen LogP contribution in [0.4, 0.5) is 0 Å². The molecule has 1 N–H and O–H groups in total. The van der Waals surface area contributed by atoms with Gasteiger partial charge in [0.05, 0.1) is 5.60 Å². The second-order valence-electron chi connectivity index (χ2n) is 8.77.